The Labute approximate surface area is 171 Å². The van der Waals surface area contributed by atoms with E-state index in [0.29, 0.717) is 22.9 Å². The number of aromatic nitrogens is 1. The van der Waals surface area contributed by atoms with Gasteiger partial charge in [-0.3, -0.25) is 20.4 Å². The van der Waals surface area contributed by atoms with Gasteiger partial charge in [-0.2, -0.15) is 0 Å². The Morgan fingerprint density at radius 3 is 2.50 bits per heavy atom. The molecule has 28 heavy (non-hydrogen) atoms. The van der Waals surface area contributed by atoms with Crippen molar-refractivity contribution in [1.82, 2.24) is 15.8 Å². The molecular formula is C20H18ClN3O3S. The number of aryl methyl sites for hydroxylation is 1. The average molecular weight is 416 g/mol. The Morgan fingerprint density at radius 2 is 1.79 bits per heavy atom. The van der Waals surface area contributed by atoms with Crippen molar-refractivity contribution in [1.29, 1.82) is 0 Å². The van der Waals surface area contributed by atoms with Crippen LogP contribution in [0.2, 0.25) is 5.02 Å². The van der Waals surface area contributed by atoms with E-state index in [1.807, 2.05) is 31.2 Å². The number of hydrogen-bond donors (Lipinski definition) is 2. The number of benzene rings is 2. The molecule has 144 valence electrons. The Kier molecular flexibility index (Phi) is 6.62. The summed E-state index contributed by atoms with van der Waals surface area (Å²) in [6.45, 7) is 2.35. The quantitative estimate of drug-likeness (QED) is 0.602. The molecule has 3 aromatic rings. The predicted octanol–water partition coefficient (Wildman–Crippen LogP) is 3.69. The largest absolute Gasteiger partial charge is 0.486 e. The van der Waals surface area contributed by atoms with Crippen LogP contribution in [0.1, 0.15) is 26.6 Å². The van der Waals surface area contributed by atoms with Crippen LogP contribution in [0.15, 0.2) is 53.9 Å². The topological polar surface area (TPSA) is 80.3 Å². The number of ether oxygens (including phenoxy) is 1. The van der Waals surface area contributed by atoms with E-state index < -0.39 is 5.91 Å². The highest BCUT2D eigenvalue weighted by molar-refractivity contribution is 7.09. The Balaban J connectivity index is 1.45. The molecule has 0 aliphatic rings. The minimum Gasteiger partial charge on any atom is -0.486 e. The lowest BCUT2D eigenvalue weighted by Crippen LogP contribution is -2.42. The molecule has 0 bridgehead atoms. The Morgan fingerprint density at radius 1 is 1.07 bits per heavy atom. The molecule has 8 heteroatoms. The van der Waals surface area contributed by atoms with Crippen molar-refractivity contribution in [3.8, 4) is 5.75 Å². The SMILES string of the molecule is Cc1ccc(OCc2nc(CC(=O)NNC(=O)c3ccc(Cl)cc3)cs2)cc1. The zero-order chi connectivity index (χ0) is 19.9. The fourth-order valence-electron chi connectivity index (χ4n) is 2.28. The fraction of sp³-hybridized carbons (Fsp3) is 0.150. The van der Waals surface area contributed by atoms with E-state index in [1.54, 1.807) is 29.6 Å². The normalized spacial score (nSPS) is 10.4. The van der Waals surface area contributed by atoms with E-state index in [-0.39, 0.29) is 12.3 Å². The van der Waals surface area contributed by atoms with Gasteiger partial charge in [-0.25, -0.2) is 4.98 Å². The number of hydrazine groups is 1. The molecule has 1 aromatic heterocycles. The maximum absolute atomic E-state index is 12.0. The molecule has 0 unspecified atom stereocenters. The highest BCUT2D eigenvalue weighted by Crippen LogP contribution is 2.16. The number of carbonyl (C=O) groups excluding carboxylic acids is 2. The summed E-state index contributed by atoms with van der Waals surface area (Å²) in [6.07, 6.45) is 0.0575. The molecular weight excluding hydrogens is 398 g/mol. The molecule has 0 saturated carbocycles. The summed E-state index contributed by atoms with van der Waals surface area (Å²) >= 11 is 7.20. The highest BCUT2D eigenvalue weighted by Gasteiger charge is 2.10. The minimum atomic E-state index is -0.421. The van der Waals surface area contributed by atoms with Gasteiger partial charge in [0.1, 0.15) is 17.4 Å². The van der Waals surface area contributed by atoms with Crippen LogP contribution in [0.25, 0.3) is 0 Å². The number of halogens is 1. The van der Waals surface area contributed by atoms with Crippen LogP contribution in [0.4, 0.5) is 0 Å². The average Bonchev–Trinajstić information content (AvgIpc) is 3.13. The molecule has 2 amide bonds. The number of nitrogens with one attached hydrogen (secondary N) is 2. The van der Waals surface area contributed by atoms with Crippen LogP contribution < -0.4 is 15.6 Å². The number of amides is 2. The van der Waals surface area contributed by atoms with Crippen LogP contribution in [0.3, 0.4) is 0 Å². The van der Waals surface area contributed by atoms with Crippen LogP contribution in [0.5, 0.6) is 5.75 Å². The molecule has 0 aliphatic carbocycles. The molecule has 0 saturated heterocycles. The fourth-order valence-corrected chi connectivity index (χ4v) is 3.12. The third-order valence-corrected chi connectivity index (χ3v) is 4.87. The van der Waals surface area contributed by atoms with Crippen molar-refractivity contribution in [2.24, 2.45) is 0 Å². The molecule has 6 nitrogen and oxygen atoms in total. The van der Waals surface area contributed by atoms with Crippen LogP contribution in [-0.4, -0.2) is 16.8 Å². The van der Waals surface area contributed by atoms with Crippen LogP contribution in [0, 0.1) is 6.92 Å². The molecule has 2 aromatic carbocycles. The molecule has 0 aliphatic heterocycles. The summed E-state index contributed by atoms with van der Waals surface area (Å²) in [4.78, 5) is 28.4. The number of rotatable bonds is 6. The Bertz CT molecular complexity index is 956. The minimum absolute atomic E-state index is 0.0575. The number of thiazole rings is 1. The van der Waals surface area contributed by atoms with E-state index in [0.717, 1.165) is 16.3 Å². The van der Waals surface area contributed by atoms with Gasteiger partial charge in [-0.05, 0) is 43.3 Å². The van der Waals surface area contributed by atoms with Gasteiger partial charge in [-0.1, -0.05) is 29.3 Å². The monoisotopic (exact) mass is 415 g/mol. The van der Waals surface area contributed by atoms with Gasteiger partial charge in [0.2, 0.25) is 5.91 Å². The van der Waals surface area contributed by atoms with Crippen molar-refractivity contribution in [3.05, 3.63) is 80.8 Å². The van der Waals surface area contributed by atoms with E-state index in [1.165, 1.54) is 11.3 Å². The molecule has 0 radical (unpaired) electrons. The summed E-state index contributed by atoms with van der Waals surface area (Å²) in [7, 11) is 0. The summed E-state index contributed by atoms with van der Waals surface area (Å²) in [5.74, 6) is -0.0147. The summed E-state index contributed by atoms with van der Waals surface area (Å²) < 4.78 is 5.68. The van der Waals surface area contributed by atoms with Gasteiger partial charge in [0, 0.05) is 16.0 Å². The van der Waals surface area contributed by atoms with Gasteiger partial charge in [0.25, 0.3) is 5.91 Å². The van der Waals surface area contributed by atoms with Crippen molar-refractivity contribution in [2.75, 3.05) is 0 Å². The van der Waals surface area contributed by atoms with E-state index >= 15 is 0 Å². The predicted molar refractivity (Wildman–Crippen MR) is 108 cm³/mol. The summed E-state index contributed by atoms with van der Waals surface area (Å²) in [5.41, 5.74) is 6.92. The maximum Gasteiger partial charge on any atom is 0.269 e. The lowest BCUT2D eigenvalue weighted by atomic mass is 10.2. The van der Waals surface area contributed by atoms with Crippen molar-refractivity contribution >= 4 is 34.8 Å². The summed E-state index contributed by atoms with van der Waals surface area (Å²) in [5, 5.41) is 3.11. The standard InChI is InChI=1S/C20H18ClN3O3S/c1-13-2-8-17(9-3-13)27-11-19-22-16(12-28-19)10-18(25)23-24-20(26)14-4-6-15(21)7-5-14/h2-9,12H,10-11H2,1H3,(H,23,25)(H,24,26). The second-order valence-electron chi connectivity index (χ2n) is 6.02. The third kappa shape index (κ3) is 5.80. The zero-order valence-corrected chi connectivity index (χ0v) is 16.6. The van der Waals surface area contributed by atoms with Gasteiger partial charge >= 0.3 is 0 Å². The molecule has 2 N–H and O–H groups in total. The number of carbonyl (C=O) groups is 2. The smallest absolute Gasteiger partial charge is 0.269 e. The molecule has 0 atom stereocenters. The van der Waals surface area contributed by atoms with E-state index in [2.05, 4.69) is 15.8 Å². The van der Waals surface area contributed by atoms with Gasteiger partial charge < -0.3 is 4.74 Å². The second kappa shape index (κ2) is 9.34. The van der Waals surface area contributed by atoms with Crippen LogP contribution in [-0.2, 0) is 17.8 Å². The van der Waals surface area contributed by atoms with E-state index in [9.17, 15) is 9.59 Å². The number of nitrogens with zero attached hydrogens (tertiary/aromatic N) is 1. The lowest BCUT2D eigenvalue weighted by Gasteiger charge is -2.06. The van der Waals surface area contributed by atoms with Crippen molar-refractivity contribution in [2.45, 2.75) is 20.0 Å². The van der Waals surface area contributed by atoms with Crippen molar-refractivity contribution < 1.29 is 14.3 Å². The maximum atomic E-state index is 12.0. The highest BCUT2D eigenvalue weighted by atomic mass is 35.5. The molecule has 1 heterocycles. The zero-order valence-electron chi connectivity index (χ0n) is 15.1. The van der Waals surface area contributed by atoms with Gasteiger partial charge in [-0.15, -0.1) is 11.3 Å². The second-order valence-corrected chi connectivity index (χ2v) is 7.40. The first-order valence-electron chi connectivity index (χ1n) is 8.47. The van der Waals surface area contributed by atoms with Crippen molar-refractivity contribution in [3.63, 3.8) is 0 Å². The first-order chi connectivity index (χ1) is 13.5. The van der Waals surface area contributed by atoms with Crippen LogP contribution >= 0.6 is 22.9 Å². The molecule has 0 spiro atoms. The molecule has 3 rings (SSSR count). The van der Waals surface area contributed by atoms with Gasteiger partial charge in [0.05, 0.1) is 12.1 Å². The third-order valence-electron chi connectivity index (χ3n) is 3.75. The number of hydrogen-bond acceptors (Lipinski definition) is 5. The van der Waals surface area contributed by atoms with E-state index in [4.69, 9.17) is 16.3 Å². The first-order valence-corrected chi connectivity index (χ1v) is 9.73. The molecule has 0 fully saturated rings. The van der Waals surface area contributed by atoms with Gasteiger partial charge in [0.15, 0.2) is 0 Å². The Hall–Kier alpha value is -2.90. The summed E-state index contributed by atoms with van der Waals surface area (Å²) in [6, 6.07) is 14.1. The first kappa shape index (κ1) is 19.9. The lowest BCUT2D eigenvalue weighted by molar-refractivity contribution is -0.121.